The van der Waals surface area contributed by atoms with Crippen molar-refractivity contribution in [2.75, 3.05) is 0 Å². The molecule has 0 aromatic heterocycles. The topological polar surface area (TPSA) is 149 Å². The van der Waals surface area contributed by atoms with Gasteiger partial charge in [-0.05, 0) is 55.9 Å². The Bertz CT molecular complexity index is 2030. The van der Waals surface area contributed by atoms with Crippen LogP contribution in [0.25, 0.3) is 54.9 Å². The van der Waals surface area contributed by atoms with Crippen molar-refractivity contribution < 1.29 is 39.6 Å². The summed E-state index contributed by atoms with van der Waals surface area (Å²) in [6, 6.07) is 30.2. The molecule has 0 saturated carbocycles. The third-order valence-corrected chi connectivity index (χ3v) is 7.71. The van der Waals surface area contributed by atoms with Gasteiger partial charge in [0.05, 0.1) is 22.3 Å². The Morgan fingerprint density at radius 2 is 0.727 bits per heavy atom. The van der Waals surface area contributed by atoms with E-state index in [9.17, 15) is 39.6 Å². The normalized spacial score (nSPS) is 11.0. The predicted molar refractivity (Wildman–Crippen MR) is 166 cm³/mol. The van der Waals surface area contributed by atoms with Gasteiger partial charge in [0, 0.05) is 11.1 Å². The van der Waals surface area contributed by atoms with Crippen molar-refractivity contribution >= 4 is 45.4 Å². The summed E-state index contributed by atoms with van der Waals surface area (Å²) in [6.07, 6.45) is 0. The summed E-state index contributed by atoms with van der Waals surface area (Å²) in [4.78, 5) is 50.3. The minimum Gasteiger partial charge on any atom is -0.478 e. The molecule has 0 spiro atoms. The van der Waals surface area contributed by atoms with Crippen LogP contribution in [0.1, 0.15) is 41.4 Å². The first-order valence-corrected chi connectivity index (χ1v) is 13.4. The summed E-state index contributed by atoms with van der Waals surface area (Å²) in [7, 11) is 0. The van der Waals surface area contributed by atoms with E-state index >= 15 is 0 Å². The molecule has 0 atom stereocenters. The zero-order valence-electron chi connectivity index (χ0n) is 22.8. The number of fused-ring (bicyclic) bond motifs is 2. The van der Waals surface area contributed by atoms with E-state index in [1.165, 1.54) is 24.3 Å². The number of hydrogen-bond donors (Lipinski definition) is 4. The lowest BCUT2D eigenvalue weighted by molar-refractivity contribution is 0.0652. The van der Waals surface area contributed by atoms with Gasteiger partial charge in [-0.1, -0.05) is 97.1 Å². The van der Waals surface area contributed by atoms with Crippen molar-refractivity contribution in [3.8, 4) is 33.4 Å². The summed E-state index contributed by atoms with van der Waals surface area (Å²) in [5.74, 6) is -5.87. The van der Waals surface area contributed by atoms with E-state index in [0.29, 0.717) is 21.9 Å². The first kappa shape index (κ1) is 27.9. The molecule has 6 aromatic carbocycles. The molecule has 4 N–H and O–H groups in total. The highest BCUT2D eigenvalue weighted by molar-refractivity contribution is 6.17. The fourth-order valence-electron chi connectivity index (χ4n) is 5.90. The van der Waals surface area contributed by atoms with Gasteiger partial charge in [0.2, 0.25) is 0 Å². The highest BCUT2D eigenvalue weighted by atomic mass is 16.4. The van der Waals surface area contributed by atoms with Crippen LogP contribution >= 0.6 is 0 Å². The van der Waals surface area contributed by atoms with Crippen molar-refractivity contribution in [1.82, 2.24) is 0 Å². The highest BCUT2D eigenvalue weighted by Crippen LogP contribution is 2.46. The van der Waals surface area contributed by atoms with E-state index in [0.717, 1.165) is 10.8 Å². The Kier molecular flexibility index (Phi) is 6.87. The van der Waals surface area contributed by atoms with Crippen LogP contribution in [0.2, 0.25) is 0 Å². The summed E-state index contributed by atoms with van der Waals surface area (Å²) >= 11 is 0. The first-order chi connectivity index (χ1) is 21.2. The average Bonchev–Trinajstić information content (AvgIpc) is 3.02. The molecular weight excluding hydrogens is 560 g/mol. The van der Waals surface area contributed by atoms with E-state index in [4.69, 9.17) is 0 Å². The number of aromatic carboxylic acids is 4. The molecule has 44 heavy (non-hydrogen) atoms. The first-order valence-electron chi connectivity index (χ1n) is 13.4. The molecule has 0 bridgehead atoms. The standard InChI is InChI=1S/C36H22O8/c37-33(38)27-17-15-25(29(31(27)35(41)42)23-13-5-9-19-7-1-3-11-21(19)23)26-16-18-28(34(39)40)32(36(43)44)30(26)24-14-6-10-20-8-2-4-12-22(20)24/h1-18H,(H,37,38)(H,39,40)(H,41,42)(H,43,44). The maximum atomic E-state index is 12.9. The van der Waals surface area contributed by atoms with E-state index in [1.54, 1.807) is 48.5 Å². The zero-order valence-corrected chi connectivity index (χ0v) is 22.8. The molecule has 6 rings (SSSR count). The van der Waals surface area contributed by atoms with Gasteiger partial charge in [0.25, 0.3) is 0 Å². The second kappa shape index (κ2) is 10.8. The SMILES string of the molecule is O=C(O)c1ccc(-c2ccc(C(=O)O)c(C(=O)O)c2-c2cccc3ccccc23)c(-c2cccc3ccccc23)c1C(=O)O. The van der Waals surface area contributed by atoms with Gasteiger partial charge in [0.1, 0.15) is 0 Å². The highest BCUT2D eigenvalue weighted by Gasteiger charge is 2.30. The molecule has 0 aliphatic carbocycles. The van der Waals surface area contributed by atoms with Gasteiger partial charge in [0.15, 0.2) is 0 Å². The number of carboxylic acid groups (broad SMARTS) is 4. The van der Waals surface area contributed by atoms with Gasteiger partial charge < -0.3 is 20.4 Å². The van der Waals surface area contributed by atoms with Gasteiger partial charge in [-0.15, -0.1) is 0 Å². The van der Waals surface area contributed by atoms with E-state index in [-0.39, 0.29) is 22.3 Å². The number of carbonyl (C=O) groups is 4. The quantitative estimate of drug-likeness (QED) is 0.149. The minimum absolute atomic E-state index is 0.0649. The van der Waals surface area contributed by atoms with Gasteiger partial charge in [-0.3, -0.25) is 0 Å². The Morgan fingerprint density at radius 3 is 1.09 bits per heavy atom. The second-order valence-corrected chi connectivity index (χ2v) is 10.1. The second-order valence-electron chi connectivity index (χ2n) is 10.1. The van der Waals surface area contributed by atoms with Crippen molar-refractivity contribution in [1.29, 1.82) is 0 Å². The van der Waals surface area contributed by atoms with Gasteiger partial charge >= 0.3 is 23.9 Å². The third kappa shape index (κ3) is 4.51. The van der Waals surface area contributed by atoms with Crippen molar-refractivity contribution in [3.63, 3.8) is 0 Å². The lowest BCUT2D eigenvalue weighted by Crippen LogP contribution is -2.13. The molecule has 6 aromatic rings. The molecular formula is C36H22O8. The summed E-state index contributed by atoms with van der Waals surface area (Å²) < 4.78 is 0. The molecule has 214 valence electrons. The molecule has 0 unspecified atom stereocenters. The largest absolute Gasteiger partial charge is 0.478 e. The van der Waals surface area contributed by atoms with Crippen LogP contribution in [0.3, 0.4) is 0 Å². The molecule has 0 saturated heterocycles. The van der Waals surface area contributed by atoms with E-state index < -0.39 is 46.1 Å². The average molecular weight is 583 g/mol. The molecule has 0 aliphatic rings. The van der Waals surface area contributed by atoms with Crippen LogP contribution < -0.4 is 0 Å². The molecule has 0 heterocycles. The molecule has 0 radical (unpaired) electrons. The lowest BCUT2D eigenvalue weighted by atomic mass is 9.80. The molecule has 0 aliphatic heterocycles. The van der Waals surface area contributed by atoms with Gasteiger partial charge in [-0.25, -0.2) is 19.2 Å². The molecule has 8 heteroatoms. The number of rotatable bonds is 7. The Balaban J connectivity index is 1.86. The van der Waals surface area contributed by atoms with Crippen LogP contribution in [0.5, 0.6) is 0 Å². The van der Waals surface area contributed by atoms with Crippen LogP contribution in [0.4, 0.5) is 0 Å². The van der Waals surface area contributed by atoms with Gasteiger partial charge in [-0.2, -0.15) is 0 Å². The number of benzene rings is 6. The summed E-state index contributed by atoms with van der Waals surface area (Å²) in [5, 5.41) is 43.8. The maximum Gasteiger partial charge on any atom is 0.337 e. The predicted octanol–water partition coefficient (Wildman–Crippen LogP) is 7.79. The van der Waals surface area contributed by atoms with Crippen LogP contribution in [0.15, 0.2) is 109 Å². The van der Waals surface area contributed by atoms with Crippen molar-refractivity contribution in [2.24, 2.45) is 0 Å². The van der Waals surface area contributed by atoms with Crippen LogP contribution in [0, 0.1) is 0 Å². The van der Waals surface area contributed by atoms with Crippen molar-refractivity contribution in [3.05, 3.63) is 131 Å². The Hall–Kier alpha value is -6.28. The Labute approximate surface area is 249 Å². The minimum atomic E-state index is -1.49. The summed E-state index contributed by atoms with van der Waals surface area (Å²) in [6.45, 7) is 0. The smallest absolute Gasteiger partial charge is 0.337 e. The zero-order chi connectivity index (χ0) is 31.1. The monoisotopic (exact) mass is 582 g/mol. The van der Waals surface area contributed by atoms with E-state index in [2.05, 4.69) is 0 Å². The number of carboxylic acids is 4. The lowest BCUT2D eigenvalue weighted by Gasteiger charge is -2.22. The maximum absolute atomic E-state index is 12.9. The fraction of sp³-hybridized carbons (Fsp3) is 0. The van der Waals surface area contributed by atoms with Crippen LogP contribution in [-0.2, 0) is 0 Å². The van der Waals surface area contributed by atoms with Crippen molar-refractivity contribution in [2.45, 2.75) is 0 Å². The van der Waals surface area contributed by atoms with Crippen LogP contribution in [-0.4, -0.2) is 44.3 Å². The molecule has 8 nitrogen and oxygen atoms in total. The fourth-order valence-corrected chi connectivity index (χ4v) is 5.90. The summed E-state index contributed by atoms with van der Waals surface area (Å²) in [5.41, 5.74) is -0.428. The number of hydrogen-bond acceptors (Lipinski definition) is 4. The van der Waals surface area contributed by atoms with E-state index in [1.807, 2.05) is 36.4 Å². The Morgan fingerprint density at radius 1 is 0.364 bits per heavy atom. The molecule has 0 amide bonds. The molecule has 0 fully saturated rings. The third-order valence-electron chi connectivity index (χ3n) is 7.71.